The molecule has 1 aromatic carbocycles. The summed E-state index contributed by atoms with van der Waals surface area (Å²) in [6.07, 6.45) is 2.27. The molecule has 1 aliphatic heterocycles. The van der Waals surface area contributed by atoms with Crippen LogP contribution in [-0.2, 0) is 9.59 Å². The summed E-state index contributed by atoms with van der Waals surface area (Å²) < 4.78 is 0.988. The van der Waals surface area contributed by atoms with Gasteiger partial charge in [-0.15, -0.1) is 0 Å². The highest BCUT2D eigenvalue weighted by atomic mass is 79.9. The SMILES string of the molecule is Cc1cc(Br)ccc1NC(=O)C[NH+](C)CC(=O)N1CCC[C@@H](C)C1. The summed E-state index contributed by atoms with van der Waals surface area (Å²) in [6.45, 7) is 6.48. The van der Waals surface area contributed by atoms with E-state index in [1.165, 1.54) is 6.42 Å². The largest absolute Gasteiger partial charge is 0.338 e. The number of aryl methyl sites for hydroxylation is 1. The van der Waals surface area contributed by atoms with E-state index in [1.54, 1.807) is 0 Å². The average molecular weight is 397 g/mol. The van der Waals surface area contributed by atoms with E-state index in [0.29, 0.717) is 12.5 Å². The summed E-state index contributed by atoms with van der Waals surface area (Å²) >= 11 is 3.41. The van der Waals surface area contributed by atoms with Crippen LogP contribution < -0.4 is 10.2 Å². The molecule has 1 aliphatic rings. The number of amides is 2. The molecule has 2 rings (SSSR count). The number of anilines is 1. The van der Waals surface area contributed by atoms with Crippen LogP contribution in [0.1, 0.15) is 25.3 Å². The lowest BCUT2D eigenvalue weighted by Crippen LogP contribution is -3.11. The van der Waals surface area contributed by atoms with Gasteiger partial charge in [-0.05, 0) is 49.4 Å². The molecule has 0 aliphatic carbocycles. The maximum atomic E-state index is 12.4. The Labute approximate surface area is 152 Å². The van der Waals surface area contributed by atoms with Crippen molar-refractivity contribution in [3.8, 4) is 0 Å². The summed E-state index contributed by atoms with van der Waals surface area (Å²) in [5.41, 5.74) is 1.82. The van der Waals surface area contributed by atoms with Gasteiger partial charge < -0.3 is 15.1 Å². The van der Waals surface area contributed by atoms with Crippen molar-refractivity contribution in [2.24, 2.45) is 5.92 Å². The van der Waals surface area contributed by atoms with Crippen molar-refractivity contribution in [1.29, 1.82) is 0 Å². The minimum atomic E-state index is -0.0715. The molecule has 0 radical (unpaired) electrons. The number of piperidine rings is 1. The molecule has 1 heterocycles. The normalized spacial score (nSPS) is 19.0. The minimum absolute atomic E-state index is 0.0715. The van der Waals surface area contributed by atoms with E-state index in [0.717, 1.165) is 40.1 Å². The first-order valence-corrected chi connectivity index (χ1v) is 9.29. The summed E-state index contributed by atoms with van der Waals surface area (Å²) in [5.74, 6) is 0.649. The van der Waals surface area contributed by atoms with Gasteiger partial charge in [-0.1, -0.05) is 22.9 Å². The van der Waals surface area contributed by atoms with Crippen LogP contribution in [0.15, 0.2) is 22.7 Å². The van der Waals surface area contributed by atoms with Gasteiger partial charge in [-0.25, -0.2) is 0 Å². The van der Waals surface area contributed by atoms with Crippen molar-refractivity contribution in [3.05, 3.63) is 28.2 Å². The Hall–Kier alpha value is -1.40. The van der Waals surface area contributed by atoms with Crippen molar-refractivity contribution >= 4 is 33.4 Å². The molecule has 6 heteroatoms. The van der Waals surface area contributed by atoms with Crippen molar-refractivity contribution in [1.82, 2.24) is 4.90 Å². The minimum Gasteiger partial charge on any atom is -0.338 e. The first-order chi connectivity index (χ1) is 11.3. The van der Waals surface area contributed by atoms with Crippen LogP contribution in [0.5, 0.6) is 0 Å². The zero-order valence-electron chi connectivity index (χ0n) is 14.7. The second kappa shape index (κ2) is 8.62. The quantitative estimate of drug-likeness (QED) is 0.791. The van der Waals surface area contributed by atoms with Gasteiger partial charge in [0.1, 0.15) is 0 Å². The topological polar surface area (TPSA) is 53.9 Å². The summed E-state index contributed by atoms with van der Waals surface area (Å²) in [5, 5.41) is 2.92. The molecule has 1 fully saturated rings. The maximum absolute atomic E-state index is 12.4. The van der Waals surface area contributed by atoms with Crippen LogP contribution in [0, 0.1) is 12.8 Å². The number of likely N-dealkylation sites (tertiary alicyclic amines) is 1. The first kappa shape index (κ1) is 18.9. The van der Waals surface area contributed by atoms with Crippen molar-refractivity contribution in [3.63, 3.8) is 0 Å². The van der Waals surface area contributed by atoms with E-state index in [1.807, 2.05) is 37.1 Å². The summed E-state index contributed by atoms with van der Waals surface area (Å²) in [4.78, 5) is 27.4. The van der Waals surface area contributed by atoms with Crippen LogP contribution in [0.4, 0.5) is 5.69 Å². The van der Waals surface area contributed by atoms with Gasteiger partial charge in [-0.3, -0.25) is 9.59 Å². The summed E-state index contributed by atoms with van der Waals surface area (Å²) in [7, 11) is 1.89. The molecular formula is C18H27BrN3O2+. The monoisotopic (exact) mass is 396 g/mol. The van der Waals surface area contributed by atoms with Crippen LogP contribution in [0.3, 0.4) is 0 Å². The third-order valence-corrected chi connectivity index (χ3v) is 4.88. The molecule has 2 amide bonds. The Bertz CT molecular complexity index is 606. The van der Waals surface area contributed by atoms with Gasteiger partial charge in [0.15, 0.2) is 13.1 Å². The molecule has 2 atom stereocenters. The molecule has 1 aromatic rings. The number of hydrogen-bond acceptors (Lipinski definition) is 2. The highest BCUT2D eigenvalue weighted by Crippen LogP contribution is 2.19. The highest BCUT2D eigenvalue weighted by Gasteiger charge is 2.24. The number of quaternary nitrogens is 1. The molecule has 24 heavy (non-hydrogen) atoms. The first-order valence-electron chi connectivity index (χ1n) is 8.50. The average Bonchev–Trinajstić information content (AvgIpc) is 2.50. The number of likely N-dealkylation sites (N-methyl/N-ethyl adjacent to an activating group) is 1. The van der Waals surface area contributed by atoms with Crippen LogP contribution in [0.2, 0.25) is 0 Å². The fourth-order valence-corrected chi connectivity index (χ4v) is 3.56. The van der Waals surface area contributed by atoms with E-state index in [9.17, 15) is 9.59 Å². The van der Waals surface area contributed by atoms with Crippen molar-refractivity contribution in [2.45, 2.75) is 26.7 Å². The van der Waals surface area contributed by atoms with Crippen LogP contribution in [-0.4, -0.2) is 49.9 Å². The lowest BCUT2D eigenvalue weighted by atomic mass is 10.0. The van der Waals surface area contributed by atoms with E-state index >= 15 is 0 Å². The number of nitrogens with one attached hydrogen (secondary N) is 2. The maximum Gasteiger partial charge on any atom is 0.279 e. The molecule has 1 saturated heterocycles. The molecule has 132 valence electrons. The summed E-state index contributed by atoms with van der Waals surface area (Å²) in [6, 6.07) is 5.75. The zero-order valence-corrected chi connectivity index (χ0v) is 16.3. The van der Waals surface area contributed by atoms with Gasteiger partial charge in [0.2, 0.25) is 0 Å². The van der Waals surface area contributed by atoms with Gasteiger partial charge >= 0.3 is 0 Å². The third kappa shape index (κ3) is 5.60. The van der Waals surface area contributed by atoms with E-state index in [-0.39, 0.29) is 18.4 Å². The van der Waals surface area contributed by atoms with Crippen molar-refractivity contribution < 1.29 is 14.5 Å². The van der Waals surface area contributed by atoms with Gasteiger partial charge in [0.05, 0.1) is 7.05 Å². The Morgan fingerprint density at radius 1 is 1.38 bits per heavy atom. The standard InChI is InChI=1S/C18H26BrN3O2/c1-13-5-4-8-22(10-13)18(24)12-21(3)11-17(23)20-16-7-6-15(19)9-14(16)2/h6-7,9,13H,4-5,8,10-12H2,1-3H3,(H,20,23)/p+1/t13-/m1/s1. The fourth-order valence-electron chi connectivity index (χ4n) is 3.08. The Morgan fingerprint density at radius 2 is 2.12 bits per heavy atom. The fraction of sp³-hybridized carbons (Fsp3) is 0.556. The molecule has 0 aromatic heterocycles. The highest BCUT2D eigenvalue weighted by molar-refractivity contribution is 9.10. The molecule has 0 spiro atoms. The van der Waals surface area contributed by atoms with Gasteiger partial charge in [0.25, 0.3) is 11.8 Å². The lowest BCUT2D eigenvalue weighted by molar-refractivity contribution is -0.862. The van der Waals surface area contributed by atoms with Crippen LogP contribution >= 0.6 is 15.9 Å². The number of carbonyl (C=O) groups excluding carboxylic acids is 2. The predicted octanol–water partition coefficient (Wildman–Crippen LogP) is 1.47. The second-order valence-corrected chi connectivity index (χ2v) is 7.82. The Kier molecular flexibility index (Phi) is 6.80. The van der Waals surface area contributed by atoms with Crippen molar-refractivity contribution in [2.75, 3.05) is 38.5 Å². The number of benzene rings is 1. The van der Waals surface area contributed by atoms with E-state index < -0.39 is 0 Å². The number of nitrogens with zero attached hydrogens (tertiary/aromatic N) is 1. The Balaban J connectivity index is 1.81. The van der Waals surface area contributed by atoms with Gasteiger partial charge in [-0.2, -0.15) is 0 Å². The zero-order chi connectivity index (χ0) is 17.7. The second-order valence-electron chi connectivity index (χ2n) is 6.91. The smallest absolute Gasteiger partial charge is 0.279 e. The number of carbonyl (C=O) groups is 2. The van der Waals surface area contributed by atoms with Crippen LogP contribution in [0.25, 0.3) is 0 Å². The molecular weight excluding hydrogens is 370 g/mol. The Morgan fingerprint density at radius 3 is 2.79 bits per heavy atom. The van der Waals surface area contributed by atoms with Gasteiger partial charge in [0, 0.05) is 23.2 Å². The molecule has 5 nitrogen and oxygen atoms in total. The number of halogens is 1. The molecule has 2 N–H and O–H groups in total. The molecule has 1 unspecified atom stereocenters. The molecule has 0 bridgehead atoms. The predicted molar refractivity (Wildman–Crippen MR) is 99.1 cm³/mol. The van der Waals surface area contributed by atoms with E-state index in [2.05, 4.69) is 28.2 Å². The van der Waals surface area contributed by atoms with E-state index in [4.69, 9.17) is 0 Å². The molecule has 0 saturated carbocycles. The lowest BCUT2D eigenvalue weighted by Gasteiger charge is -2.31. The number of hydrogen-bond donors (Lipinski definition) is 2. The number of rotatable bonds is 5. The third-order valence-electron chi connectivity index (χ3n) is 4.39.